The molecule has 1 aliphatic rings. The fourth-order valence-corrected chi connectivity index (χ4v) is 4.12. The molecule has 3 aromatic heterocycles. The Bertz CT molecular complexity index is 1040. The number of aryl methyl sites for hydroxylation is 3. The van der Waals surface area contributed by atoms with Gasteiger partial charge in [0.05, 0.1) is 5.69 Å². The number of carbonyl (C=O) groups excluding carboxylic acids is 1. The molecule has 30 heavy (non-hydrogen) atoms. The molecule has 4 rings (SSSR count). The molecule has 8 nitrogen and oxygen atoms in total. The summed E-state index contributed by atoms with van der Waals surface area (Å²) >= 11 is 0. The summed E-state index contributed by atoms with van der Waals surface area (Å²) in [6, 6.07) is 8.00. The summed E-state index contributed by atoms with van der Waals surface area (Å²) in [5.74, 6) is 0.916. The molecule has 0 aromatic carbocycles. The number of anilines is 1. The predicted octanol–water partition coefficient (Wildman–Crippen LogP) is 1.99. The van der Waals surface area contributed by atoms with E-state index < -0.39 is 0 Å². The number of hydrogen-bond donors (Lipinski definition) is 1. The molecule has 1 fully saturated rings. The van der Waals surface area contributed by atoms with Gasteiger partial charge in [-0.05, 0) is 45.9 Å². The smallest absolute Gasteiger partial charge is 0.257 e. The number of nitrogens with one attached hydrogen (secondary N) is 1. The van der Waals surface area contributed by atoms with Crippen LogP contribution >= 0.6 is 0 Å². The van der Waals surface area contributed by atoms with Crippen molar-refractivity contribution < 1.29 is 4.79 Å². The van der Waals surface area contributed by atoms with Gasteiger partial charge in [0, 0.05) is 56.4 Å². The molecule has 0 spiro atoms. The summed E-state index contributed by atoms with van der Waals surface area (Å²) in [7, 11) is 0. The molecule has 8 heteroatoms. The van der Waals surface area contributed by atoms with E-state index in [-0.39, 0.29) is 11.9 Å². The normalized spacial score (nSPS) is 16.1. The summed E-state index contributed by atoms with van der Waals surface area (Å²) in [4.78, 5) is 26.7. The van der Waals surface area contributed by atoms with Crippen LogP contribution in [0.1, 0.15) is 34.4 Å². The van der Waals surface area contributed by atoms with E-state index in [1.165, 1.54) is 0 Å². The van der Waals surface area contributed by atoms with E-state index in [4.69, 9.17) is 0 Å². The topological polar surface area (TPSA) is 78.7 Å². The standard InChI is InChI=1S/C22H29N7O/c1-15-13-17(3)29-21(24-15)20(18(4)26-29)22(30)25-16(2)14-27-9-11-28(12-10-27)19-7-5-6-8-23-19/h5-8,13,16H,9-12,14H2,1-4H3,(H,25,30). The van der Waals surface area contributed by atoms with E-state index in [0.29, 0.717) is 16.9 Å². The summed E-state index contributed by atoms with van der Waals surface area (Å²) in [5, 5.41) is 7.65. The number of hydrogen-bond acceptors (Lipinski definition) is 6. The second-order valence-corrected chi connectivity index (χ2v) is 8.08. The maximum atomic E-state index is 13.0. The van der Waals surface area contributed by atoms with Crippen molar-refractivity contribution in [3.05, 3.63) is 53.1 Å². The first-order chi connectivity index (χ1) is 14.4. The first kappa shape index (κ1) is 20.3. The minimum atomic E-state index is -0.111. The zero-order valence-corrected chi connectivity index (χ0v) is 18.1. The molecule has 158 valence electrons. The largest absolute Gasteiger partial charge is 0.354 e. The van der Waals surface area contributed by atoms with E-state index in [0.717, 1.165) is 49.9 Å². The zero-order chi connectivity index (χ0) is 21.3. The fourth-order valence-electron chi connectivity index (χ4n) is 4.12. The summed E-state index contributed by atoms with van der Waals surface area (Å²) in [6.07, 6.45) is 1.83. The zero-order valence-electron chi connectivity index (χ0n) is 18.1. The molecule has 0 bridgehead atoms. The molecule has 1 atom stereocenters. The molecular formula is C22H29N7O. The molecule has 1 unspecified atom stereocenters. The molecule has 1 N–H and O–H groups in total. The minimum Gasteiger partial charge on any atom is -0.354 e. The Morgan fingerprint density at radius 2 is 1.93 bits per heavy atom. The lowest BCUT2D eigenvalue weighted by Crippen LogP contribution is -2.51. The SMILES string of the molecule is Cc1cc(C)n2nc(C)c(C(=O)NC(C)CN3CCN(c4ccccn4)CC3)c2n1. The third-order valence-corrected chi connectivity index (χ3v) is 5.55. The van der Waals surface area contributed by atoms with Gasteiger partial charge < -0.3 is 10.2 Å². The monoisotopic (exact) mass is 407 g/mol. The van der Waals surface area contributed by atoms with Crippen molar-refractivity contribution in [1.82, 2.24) is 29.8 Å². The quantitative estimate of drug-likeness (QED) is 0.697. The van der Waals surface area contributed by atoms with Crippen molar-refractivity contribution in [2.24, 2.45) is 0 Å². The molecule has 3 aromatic rings. The highest BCUT2D eigenvalue weighted by Crippen LogP contribution is 2.17. The van der Waals surface area contributed by atoms with Crippen LogP contribution in [0.4, 0.5) is 5.82 Å². The van der Waals surface area contributed by atoms with Gasteiger partial charge in [-0.1, -0.05) is 6.07 Å². The lowest BCUT2D eigenvalue weighted by atomic mass is 10.2. The highest BCUT2D eigenvalue weighted by atomic mass is 16.1. The van der Waals surface area contributed by atoms with Gasteiger partial charge in [0.1, 0.15) is 11.4 Å². The number of fused-ring (bicyclic) bond motifs is 1. The second-order valence-electron chi connectivity index (χ2n) is 8.08. The molecule has 4 heterocycles. The Balaban J connectivity index is 1.37. The van der Waals surface area contributed by atoms with Crippen LogP contribution in [0.25, 0.3) is 5.65 Å². The van der Waals surface area contributed by atoms with E-state index in [2.05, 4.69) is 36.2 Å². The van der Waals surface area contributed by atoms with E-state index >= 15 is 0 Å². The number of pyridine rings is 1. The third-order valence-electron chi connectivity index (χ3n) is 5.55. The Labute approximate surface area is 176 Å². The Kier molecular flexibility index (Phi) is 5.67. The van der Waals surface area contributed by atoms with Crippen molar-refractivity contribution in [1.29, 1.82) is 0 Å². The van der Waals surface area contributed by atoms with Gasteiger partial charge in [0.2, 0.25) is 0 Å². The van der Waals surface area contributed by atoms with Gasteiger partial charge in [0.15, 0.2) is 5.65 Å². The highest BCUT2D eigenvalue weighted by molar-refractivity contribution is 6.01. The Morgan fingerprint density at radius 3 is 2.63 bits per heavy atom. The minimum absolute atomic E-state index is 0.0270. The fraction of sp³-hybridized carbons (Fsp3) is 0.455. The average Bonchev–Trinajstić information content (AvgIpc) is 3.05. The first-order valence-corrected chi connectivity index (χ1v) is 10.4. The van der Waals surface area contributed by atoms with Gasteiger partial charge in [0.25, 0.3) is 5.91 Å². The number of carbonyl (C=O) groups is 1. The Hall–Kier alpha value is -3.00. The van der Waals surface area contributed by atoms with Crippen LogP contribution in [0, 0.1) is 20.8 Å². The lowest BCUT2D eigenvalue weighted by Gasteiger charge is -2.36. The van der Waals surface area contributed by atoms with Crippen molar-refractivity contribution >= 4 is 17.4 Å². The van der Waals surface area contributed by atoms with Crippen LogP contribution in [0.3, 0.4) is 0 Å². The number of aromatic nitrogens is 4. The molecule has 0 saturated carbocycles. The van der Waals surface area contributed by atoms with Crippen molar-refractivity contribution in [3.8, 4) is 0 Å². The maximum absolute atomic E-state index is 13.0. The lowest BCUT2D eigenvalue weighted by molar-refractivity contribution is 0.0929. The van der Waals surface area contributed by atoms with Crippen LogP contribution in [0.15, 0.2) is 30.5 Å². The van der Waals surface area contributed by atoms with Crippen molar-refractivity contribution in [3.63, 3.8) is 0 Å². The first-order valence-electron chi connectivity index (χ1n) is 10.4. The molecule has 1 amide bonds. The van der Waals surface area contributed by atoms with E-state index in [9.17, 15) is 4.79 Å². The predicted molar refractivity (Wildman–Crippen MR) is 117 cm³/mol. The van der Waals surface area contributed by atoms with Gasteiger partial charge in [-0.2, -0.15) is 5.10 Å². The van der Waals surface area contributed by atoms with Crippen LogP contribution in [0.5, 0.6) is 0 Å². The van der Waals surface area contributed by atoms with Crippen molar-refractivity contribution in [2.75, 3.05) is 37.6 Å². The summed E-state index contributed by atoms with van der Waals surface area (Å²) < 4.78 is 1.75. The average molecular weight is 408 g/mol. The van der Waals surface area contributed by atoms with Gasteiger partial charge in [-0.25, -0.2) is 14.5 Å². The van der Waals surface area contributed by atoms with Crippen molar-refractivity contribution in [2.45, 2.75) is 33.7 Å². The van der Waals surface area contributed by atoms with E-state index in [1.807, 2.05) is 52.1 Å². The van der Waals surface area contributed by atoms with Crippen LogP contribution < -0.4 is 10.2 Å². The molecular weight excluding hydrogens is 378 g/mol. The summed E-state index contributed by atoms with van der Waals surface area (Å²) in [5.41, 5.74) is 3.74. The van der Waals surface area contributed by atoms with Gasteiger partial charge >= 0.3 is 0 Å². The number of rotatable bonds is 5. The third kappa shape index (κ3) is 4.14. The van der Waals surface area contributed by atoms with Crippen LogP contribution in [-0.4, -0.2) is 69.2 Å². The molecule has 0 radical (unpaired) electrons. The number of amides is 1. The number of nitrogens with zero attached hydrogens (tertiary/aromatic N) is 6. The Morgan fingerprint density at radius 1 is 1.17 bits per heavy atom. The van der Waals surface area contributed by atoms with Crippen LogP contribution in [-0.2, 0) is 0 Å². The highest BCUT2D eigenvalue weighted by Gasteiger charge is 2.23. The maximum Gasteiger partial charge on any atom is 0.257 e. The second kappa shape index (κ2) is 8.39. The van der Waals surface area contributed by atoms with E-state index in [1.54, 1.807) is 4.52 Å². The van der Waals surface area contributed by atoms with Gasteiger partial charge in [-0.15, -0.1) is 0 Å². The summed E-state index contributed by atoms with van der Waals surface area (Å²) in [6.45, 7) is 12.4. The van der Waals surface area contributed by atoms with Gasteiger partial charge in [-0.3, -0.25) is 9.69 Å². The molecule has 1 aliphatic heterocycles. The molecule has 0 aliphatic carbocycles. The van der Waals surface area contributed by atoms with Crippen LogP contribution in [0.2, 0.25) is 0 Å². The number of piperazine rings is 1. The molecule has 1 saturated heterocycles.